The van der Waals surface area contributed by atoms with Gasteiger partial charge in [-0.05, 0) is 28.9 Å². The molecule has 1 aromatic rings. The Bertz CT molecular complexity index is 496. The number of pyridine rings is 1. The van der Waals surface area contributed by atoms with Crippen LogP contribution >= 0.6 is 15.9 Å². The van der Waals surface area contributed by atoms with Gasteiger partial charge in [0.05, 0.1) is 11.5 Å². The van der Waals surface area contributed by atoms with Crippen LogP contribution in [0.15, 0.2) is 10.7 Å². The molecule has 1 aromatic heterocycles. The number of hydrogen-bond donors (Lipinski definition) is 0. The van der Waals surface area contributed by atoms with Crippen LogP contribution in [0.5, 0.6) is 0 Å². The minimum atomic E-state index is -2.95. The summed E-state index contributed by atoms with van der Waals surface area (Å²) in [5.41, 5.74) is -1.99. The Balaban J connectivity index is 3.42. The van der Waals surface area contributed by atoms with Crippen molar-refractivity contribution < 1.29 is 23.2 Å². The van der Waals surface area contributed by atoms with E-state index in [1.54, 1.807) is 0 Å². The van der Waals surface area contributed by atoms with E-state index in [4.69, 9.17) is 0 Å². The summed E-state index contributed by atoms with van der Waals surface area (Å²) in [6.45, 7) is 1.47. The van der Waals surface area contributed by atoms with Crippen molar-refractivity contribution >= 4 is 27.6 Å². The second-order valence-corrected chi connectivity index (χ2v) is 3.76. The Morgan fingerprint density at radius 1 is 1.67 bits per heavy atom. The third kappa shape index (κ3) is 2.97. The van der Waals surface area contributed by atoms with Gasteiger partial charge in [0.2, 0.25) is 0 Å². The van der Waals surface area contributed by atoms with E-state index in [1.165, 1.54) is 6.92 Å². The first-order chi connectivity index (χ1) is 8.38. The molecule has 0 aliphatic carbocycles. The van der Waals surface area contributed by atoms with E-state index in [-0.39, 0.29) is 6.61 Å². The number of esters is 1. The van der Waals surface area contributed by atoms with Gasteiger partial charge in [-0.1, -0.05) is 0 Å². The van der Waals surface area contributed by atoms with Crippen molar-refractivity contribution in [2.45, 2.75) is 13.3 Å². The molecule has 0 atom stereocenters. The molecule has 0 fully saturated rings. The Morgan fingerprint density at radius 3 is 2.72 bits per heavy atom. The average molecular weight is 325 g/mol. The smallest absolute Gasteiger partial charge is 0.345 e. The number of aromatic nitrogens is 1. The number of ether oxygens (including phenoxy) is 1. The van der Waals surface area contributed by atoms with Gasteiger partial charge in [-0.3, -0.25) is 10.1 Å². The highest BCUT2D eigenvalue weighted by molar-refractivity contribution is 9.10. The topological polar surface area (TPSA) is 82.3 Å². The molecule has 0 aliphatic heterocycles. The van der Waals surface area contributed by atoms with E-state index in [1.807, 2.05) is 0 Å². The zero-order chi connectivity index (χ0) is 13.9. The summed E-state index contributed by atoms with van der Waals surface area (Å²) in [6, 6.07) is 0.658. The lowest BCUT2D eigenvalue weighted by Crippen LogP contribution is -2.10. The molecule has 0 unspecified atom stereocenters. The number of hydrogen-bond acceptors (Lipinski definition) is 5. The van der Waals surface area contributed by atoms with Gasteiger partial charge in [-0.15, -0.1) is 0 Å². The van der Waals surface area contributed by atoms with E-state index in [2.05, 4.69) is 25.7 Å². The maximum Gasteiger partial charge on any atom is 0.345 e. The van der Waals surface area contributed by atoms with Gasteiger partial charge >= 0.3 is 11.7 Å². The van der Waals surface area contributed by atoms with Crippen LogP contribution in [-0.2, 0) is 4.74 Å². The van der Waals surface area contributed by atoms with Crippen molar-refractivity contribution in [3.8, 4) is 0 Å². The first-order valence-corrected chi connectivity index (χ1v) is 5.47. The summed E-state index contributed by atoms with van der Waals surface area (Å²) >= 11 is 2.69. The second-order valence-electron chi connectivity index (χ2n) is 3.01. The molecule has 0 radical (unpaired) electrons. The fourth-order valence-corrected chi connectivity index (χ4v) is 1.74. The average Bonchev–Trinajstić information content (AvgIpc) is 2.27. The lowest BCUT2D eigenvalue weighted by atomic mass is 10.2. The molecule has 1 rings (SSSR count). The molecule has 9 heteroatoms. The van der Waals surface area contributed by atoms with Gasteiger partial charge in [0.1, 0.15) is 11.3 Å². The fraction of sp³-hybridized carbons (Fsp3) is 0.333. The number of nitrogens with zero attached hydrogens (tertiary/aromatic N) is 2. The van der Waals surface area contributed by atoms with Crippen LogP contribution in [0.1, 0.15) is 29.4 Å². The third-order valence-corrected chi connectivity index (χ3v) is 2.42. The van der Waals surface area contributed by atoms with Crippen molar-refractivity contribution in [2.75, 3.05) is 6.61 Å². The highest BCUT2D eigenvalue weighted by Gasteiger charge is 2.29. The molecular weight excluding hydrogens is 318 g/mol. The predicted molar refractivity (Wildman–Crippen MR) is 59.5 cm³/mol. The summed E-state index contributed by atoms with van der Waals surface area (Å²) in [4.78, 5) is 24.7. The van der Waals surface area contributed by atoms with E-state index in [9.17, 15) is 23.7 Å². The quantitative estimate of drug-likeness (QED) is 0.368. The molecule has 0 spiro atoms. The highest BCUT2D eigenvalue weighted by Crippen LogP contribution is 2.31. The number of carbonyl (C=O) groups excluding carboxylic acids is 1. The first kappa shape index (κ1) is 14.4. The minimum absolute atomic E-state index is 0.0278. The van der Waals surface area contributed by atoms with E-state index >= 15 is 0 Å². The molecule has 98 valence electrons. The molecule has 0 aromatic carbocycles. The monoisotopic (exact) mass is 324 g/mol. The summed E-state index contributed by atoms with van der Waals surface area (Å²) in [5.74, 6) is -1.05. The van der Waals surface area contributed by atoms with Crippen LogP contribution in [0.3, 0.4) is 0 Å². The molecule has 0 N–H and O–H groups in total. The Morgan fingerprint density at radius 2 is 2.28 bits per heavy atom. The maximum atomic E-state index is 12.5. The number of rotatable bonds is 4. The van der Waals surface area contributed by atoms with Crippen LogP contribution in [0.4, 0.5) is 14.5 Å². The number of halogens is 3. The molecule has 0 bridgehead atoms. The standard InChI is InChI=1S/C9H7BrF2N2O4/c1-2-18-9(15)4-3-5(8(11)12)13-7(10)6(4)14(16)17/h3,8H,2H2,1H3. The molecule has 0 saturated carbocycles. The molecule has 6 nitrogen and oxygen atoms in total. The van der Waals surface area contributed by atoms with Gasteiger partial charge in [0.15, 0.2) is 4.60 Å². The molecular formula is C9H7BrF2N2O4. The highest BCUT2D eigenvalue weighted by atomic mass is 79.9. The zero-order valence-corrected chi connectivity index (χ0v) is 10.6. The predicted octanol–water partition coefficient (Wildman–Crippen LogP) is 2.87. The van der Waals surface area contributed by atoms with Crippen LogP contribution in [-0.4, -0.2) is 22.5 Å². The number of carbonyl (C=O) groups is 1. The zero-order valence-electron chi connectivity index (χ0n) is 9.02. The molecule has 18 heavy (non-hydrogen) atoms. The summed E-state index contributed by atoms with van der Waals surface area (Å²) in [5, 5.41) is 10.8. The fourth-order valence-electron chi connectivity index (χ4n) is 1.18. The Kier molecular flexibility index (Phi) is 4.65. The molecule has 1 heterocycles. The van der Waals surface area contributed by atoms with Crippen molar-refractivity contribution in [2.24, 2.45) is 0 Å². The van der Waals surface area contributed by atoms with Gasteiger partial charge in [0.25, 0.3) is 6.43 Å². The third-order valence-electron chi connectivity index (χ3n) is 1.87. The summed E-state index contributed by atoms with van der Waals surface area (Å²) < 4.78 is 29.1. The molecule has 0 aliphatic rings. The maximum absolute atomic E-state index is 12.5. The van der Waals surface area contributed by atoms with Crippen LogP contribution in [0, 0.1) is 10.1 Å². The van der Waals surface area contributed by atoms with E-state index in [0.717, 1.165) is 0 Å². The Hall–Kier alpha value is -1.64. The summed E-state index contributed by atoms with van der Waals surface area (Å²) in [7, 11) is 0. The van der Waals surface area contributed by atoms with Crippen molar-refractivity contribution in [1.29, 1.82) is 0 Å². The first-order valence-electron chi connectivity index (χ1n) is 4.68. The van der Waals surface area contributed by atoms with E-state index < -0.39 is 38.9 Å². The number of alkyl halides is 2. The van der Waals surface area contributed by atoms with Gasteiger partial charge in [-0.2, -0.15) is 0 Å². The minimum Gasteiger partial charge on any atom is -0.462 e. The Labute approximate surface area is 108 Å². The van der Waals surface area contributed by atoms with Gasteiger partial charge < -0.3 is 4.74 Å². The van der Waals surface area contributed by atoms with E-state index in [0.29, 0.717) is 6.07 Å². The number of nitro groups is 1. The van der Waals surface area contributed by atoms with Gasteiger partial charge in [-0.25, -0.2) is 18.6 Å². The van der Waals surface area contributed by atoms with Crippen molar-refractivity contribution in [1.82, 2.24) is 4.98 Å². The lowest BCUT2D eigenvalue weighted by molar-refractivity contribution is -0.386. The molecule has 0 saturated heterocycles. The van der Waals surface area contributed by atoms with Crippen LogP contribution in [0.2, 0.25) is 0 Å². The van der Waals surface area contributed by atoms with Crippen LogP contribution in [0.25, 0.3) is 0 Å². The normalized spacial score (nSPS) is 10.5. The largest absolute Gasteiger partial charge is 0.462 e. The summed E-state index contributed by atoms with van der Waals surface area (Å²) in [6.07, 6.45) is -2.95. The van der Waals surface area contributed by atoms with Crippen LogP contribution < -0.4 is 0 Å². The molecule has 0 amide bonds. The lowest BCUT2D eigenvalue weighted by Gasteiger charge is -2.06. The van der Waals surface area contributed by atoms with Crippen molar-refractivity contribution in [3.05, 3.63) is 32.0 Å². The van der Waals surface area contributed by atoms with Crippen molar-refractivity contribution in [3.63, 3.8) is 0 Å². The van der Waals surface area contributed by atoms with Gasteiger partial charge in [0, 0.05) is 0 Å². The SMILES string of the molecule is CCOC(=O)c1cc(C(F)F)nc(Br)c1[N+](=O)[O-]. The second kappa shape index (κ2) is 5.80.